The molecule has 0 aliphatic carbocycles. The van der Waals surface area contributed by atoms with Gasteiger partial charge in [-0.1, -0.05) is 19.1 Å². The number of hydrogen-bond donors (Lipinski definition) is 2. The first-order chi connectivity index (χ1) is 7.00. The first-order valence-corrected chi connectivity index (χ1v) is 5.53. The molecule has 0 spiro atoms. The molecule has 0 aromatic carbocycles. The Morgan fingerprint density at radius 1 is 1.73 bits per heavy atom. The molecule has 0 aliphatic rings. The van der Waals surface area contributed by atoms with E-state index in [1.165, 1.54) is 0 Å². The number of hydrogen-bond acceptors (Lipinski definition) is 3. The zero-order chi connectivity index (χ0) is 11.4. The number of amides is 1. The lowest BCUT2D eigenvalue weighted by molar-refractivity contribution is 0.0922. The predicted molar refractivity (Wildman–Crippen MR) is 64.7 cm³/mol. The van der Waals surface area contributed by atoms with Gasteiger partial charge in [-0.05, 0) is 28.1 Å². The Morgan fingerprint density at radius 2 is 2.40 bits per heavy atom. The van der Waals surface area contributed by atoms with Gasteiger partial charge in [0.25, 0.3) is 5.91 Å². The molecule has 4 nitrogen and oxygen atoms in total. The number of nitrogens with one attached hydrogen (secondary N) is 1. The molecule has 1 aromatic rings. The summed E-state index contributed by atoms with van der Waals surface area (Å²) in [6.07, 6.45) is 0. The smallest absolute Gasteiger partial charge is 0.287 e. The second kappa shape index (κ2) is 5.27. The van der Waals surface area contributed by atoms with Crippen molar-refractivity contribution in [3.05, 3.63) is 22.6 Å². The van der Waals surface area contributed by atoms with Crippen LogP contribution in [0.1, 0.15) is 17.5 Å². The van der Waals surface area contributed by atoms with Crippen LogP contribution in [0.3, 0.4) is 0 Å². The summed E-state index contributed by atoms with van der Waals surface area (Å²) in [5, 5.41) is 2.67. The summed E-state index contributed by atoms with van der Waals surface area (Å²) >= 11 is 7.90. The Labute approximate surface area is 101 Å². The van der Waals surface area contributed by atoms with E-state index in [0.717, 1.165) is 0 Å². The minimum Gasteiger partial charge on any atom is -0.444 e. The molecule has 0 radical (unpaired) electrons. The van der Waals surface area contributed by atoms with E-state index < -0.39 is 0 Å². The SMILES string of the molecule is CC(CNC(=O)c1ccc(Br)o1)C(N)=S. The van der Waals surface area contributed by atoms with Gasteiger partial charge in [-0.15, -0.1) is 0 Å². The van der Waals surface area contributed by atoms with Crippen LogP contribution >= 0.6 is 28.1 Å². The Balaban J connectivity index is 2.47. The van der Waals surface area contributed by atoms with Gasteiger partial charge < -0.3 is 15.5 Å². The maximum atomic E-state index is 11.5. The monoisotopic (exact) mass is 290 g/mol. The quantitative estimate of drug-likeness (QED) is 0.828. The van der Waals surface area contributed by atoms with E-state index in [2.05, 4.69) is 21.2 Å². The summed E-state index contributed by atoms with van der Waals surface area (Å²) in [6, 6.07) is 3.25. The summed E-state index contributed by atoms with van der Waals surface area (Å²) in [7, 11) is 0. The molecule has 1 atom stereocenters. The maximum absolute atomic E-state index is 11.5. The van der Waals surface area contributed by atoms with Gasteiger partial charge in [0.05, 0.1) is 4.99 Å². The molecule has 0 aliphatic heterocycles. The third-order valence-electron chi connectivity index (χ3n) is 1.85. The van der Waals surface area contributed by atoms with Gasteiger partial charge in [-0.3, -0.25) is 4.79 Å². The number of thiocarbonyl (C=S) groups is 1. The van der Waals surface area contributed by atoms with Crippen molar-refractivity contribution in [1.29, 1.82) is 0 Å². The van der Waals surface area contributed by atoms with Crippen LogP contribution in [0.25, 0.3) is 0 Å². The number of nitrogens with two attached hydrogens (primary N) is 1. The average Bonchev–Trinajstić information content (AvgIpc) is 2.60. The van der Waals surface area contributed by atoms with Gasteiger partial charge in [-0.2, -0.15) is 0 Å². The minimum absolute atomic E-state index is 0.0256. The topological polar surface area (TPSA) is 68.3 Å². The van der Waals surface area contributed by atoms with Gasteiger partial charge in [0.2, 0.25) is 0 Å². The van der Waals surface area contributed by atoms with Crippen LogP contribution in [0.15, 0.2) is 21.2 Å². The molecule has 15 heavy (non-hydrogen) atoms. The van der Waals surface area contributed by atoms with E-state index in [4.69, 9.17) is 22.4 Å². The van der Waals surface area contributed by atoms with Crippen molar-refractivity contribution < 1.29 is 9.21 Å². The van der Waals surface area contributed by atoms with Gasteiger partial charge >= 0.3 is 0 Å². The Bertz CT molecular complexity index is 378. The second-order valence-electron chi connectivity index (χ2n) is 3.12. The van der Waals surface area contributed by atoms with Crippen LogP contribution in [0.5, 0.6) is 0 Å². The van der Waals surface area contributed by atoms with Crippen molar-refractivity contribution in [2.24, 2.45) is 11.7 Å². The normalized spacial score (nSPS) is 12.1. The fourth-order valence-corrected chi connectivity index (χ4v) is 1.26. The van der Waals surface area contributed by atoms with Crippen molar-refractivity contribution in [2.45, 2.75) is 6.92 Å². The van der Waals surface area contributed by atoms with Crippen LogP contribution in [-0.4, -0.2) is 17.4 Å². The van der Waals surface area contributed by atoms with Gasteiger partial charge in [0, 0.05) is 12.5 Å². The highest BCUT2D eigenvalue weighted by Gasteiger charge is 2.12. The summed E-state index contributed by atoms with van der Waals surface area (Å²) < 4.78 is 5.60. The largest absolute Gasteiger partial charge is 0.444 e. The molecule has 3 N–H and O–H groups in total. The second-order valence-corrected chi connectivity index (χ2v) is 4.37. The highest BCUT2D eigenvalue weighted by Crippen LogP contribution is 2.13. The van der Waals surface area contributed by atoms with E-state index in [-0.39, 0.29) is 17.6 Å². The van der Waals surface area contributed by atoms with E-state index in [1.807, 2.05) is 6.92 Å². The summed E-state index contributed by atoms with van der Waals surface area (Å²) in [6.45, 7) is 2.26. The molecule has 0 saturated heterocycles. The lowest BCUT2D eigenvalue weighted by Gasteiger charge is -2.09. The molecular formula is C9H11BrN2O2S. The Hall–Kier alpha value is -0.880. The lowest BCUT2D eigenvalue weighted by atomic mass is 10.2. The predicted octanol–water partition coefficient (Wildman–Crippen LogP) is 1.69. The fourth-order valence-electron chi connectivity index (χ4n) is 0.870. The van der Waals surface area contributed by atoms with Gasteiger partial charge in [0.1, 0.15) is 0 Å². The molecule has 0 bridgehead atoms. The highest BCUT2D eigenvalue weighted by molar-refractivity contribution is 9.10. The minimum atomic E-state index is -0.274. The van der Waals surface area contributed by atoms with Crippen LogP contribution in [0, 0.1) is 5.92 Å². The number of carbonyl (C=O) groups is 1. The molecule has 1 amide bonds. The van der Waals surface area contributed by atoms with Gasteiger partial charge in [0.15, 0.2) is 10.4 Å². The van der Waals surface area contributed by atoms with Crippen LogP contribution < -0.4 is 11.1 Å². The zero-order valence-corrected chi connectivity index (χ0v) is 10.5. The van der Waals surface area contributed by atoms with Crippen LogP contribution in [0.4, 0.5) is 0 Å². The maximum Gasteiger partial charge on any atom is 0.287 e. The van der Waals surface area contributed by atoms with E-state index >= 15 is 0 Å². The van der Waals surface area contributed by atoms with E-state index in [1.54, 1.807) is 12.1 Å². The van der Waals surface area contributed by atoms with Crippen molar-refractivity contribution in [1.82, 2.24) is 5.32 Å². The zero-order valence-electron chi connectivity index (χ0n) is 8.12. The number of carbonyl (C=O) groups excluding carboxylic acids is 1. The Morgan fingerprint density at radius 3 is 2.87 bits per heavy atom. The lowest BCUT2D eigenvalue weighted by Crippen LogP contribution is -2.33. The van der Waals surface area contributed by atoms with Gasteiger partial charge in [-0.25, -0.2) is 0 Å². The third kappa shape index (κ3) is 3.64. The van der Waals surface area contributed by atoms with Crippen molar-refractivity contribution in [3.8, 4) is 0 Å². The standard InChI is InChI=1S/C9H11BrN2O2S/c1-5(8(11)15)4-12-9(13)6-2-3-7(10)14-6/h2-3,5H,4H2,1H3,(H2,11,15)(H,12,13). The van der Waals surface area contributed by atoms with Crippen LogP contribution in [-0.2, 0) is 0 Å². The number of rotatable bonds is 4. The Kier molecular flexibility index (Phi) is 4.28. The van der Waals surface area contributed by atoms with Crippen molar-refractivity contribution in [3.63, 3.8) is 0 Å². The summed E-state index contributed by atoms with van der Waals surface area (Å²) in [5.74, 6) is -0.0387. The molecule has 82 valence electrons. The van der Waals surface area contributed by atoms with E-state index in [0.29, 0.717) is 16.2 Å². The van der Waals surface area contributed by atoms with Crippen molar-refractivity contribution >= 4 is 39.0 Å². The van der Waals surface area contributed by atoms with Crippen molar-refractivity contribution in [2.75, 3.05) is 6.54 Å². The highest BCUT2D eigenvalue weighted by atomic mass is 79.9. The first-order valence-electron chi connectivity index (χ1n) is 4.33. The molecule has 1 aromatic heterocycles. The fraction of sp³-hybridized carbons (Fsp3) is 0.333. The van der Waals surface area contributed by atoms with Crippen LogP contribution in [0.2, 0.25) is 0 Å². The van der Waals surface area contributed by atoms with E-state index in [9.17, 15) is 4.79 Å². The molecule has 6 heteroatoms. The third-order valence-corrected chi connectivity index (χ3v) is 2.68. The molecule has 0 fully saturated rings. The summed E-state index contributed by atoms with van der Waals surface area (Å²) in [4.78, 5) is 11.9. The number of furan rings is 1. The number of halogens is 1. The average molecular weight is 291 g/mol. The molecular weight excluding hydrogens is 280 g/mol. The molecule has 1 unspecified atom stereocenters. The molecule has 1 heterocycles. The summed E-state index contributed by atoms with van der Waals surface area (Å²) in [5.41, 5.74) is 5.41. The molecule has 1 rings (SSSR count). The first kappa shape index (κ1) is 12.2. The molecule has 0 saturated carbocycles.